The molecule has 0 aliphatic carbocycles. The second-order valence-corrected chi connectivity index (χ2v) is 10.5. The zero-order chi connectivity index (χ0) is 21.3. The monoisotopic (exact) mass is 460 g/mol. The fraction of sp³-hybridized carbons (Fsp3) is 0.250. The van der Waals surface area contributed by atoms with Crippen molar-refractivity contribution < 1.29 is 13.9 Å². The van der Waals surface area contributed by atoms with Gasteiger partial charge < -0.3 is 13.9 Å². The van der Waals surface area contributed by atoms with Gasteiger partial charge in [-0.1, -0.05) is 59.6 Å². The Balaban J connectivity index is 1.65. The van der Waals surface area contributed by atoms with Crippen molar-refractivity contribution in [3.8, 4) is 11.5 Å². The number of hydrogen-bond donors (Lipinski definition) is 0. The third-order valence-electron chi connectivity index (χ3n) is 4.49. The number of rotatable bonds is 10. The Labute approximate surface area is 190 Å². The van der Waals surface area contributed by atoms with Crippen molar-refractivity contribution in [2.24, 2.45) is 0 Å². The number of para-hydroxylation sites is 1. The summed E-state index contributed by atoms with van der Waals surface area (Å²) in [4.78, 5) is 0. The fourth-order valence-corrected chi connectivity index (χ4v) is 3.87. The summed E-state index contributed by atoms with van der Waals surface area (Å²) in [5, 5.41) is 1.07. The molecule has 0 saturated carbocycles. The number of halogens is 2. The molecule has 6 heteroatoms. The molecule has 0 saturated heterocycles. The maximum absolute atomic E-state index is 6.24. The Morgan fingerprint density at radius 1 is 0.833 bits per heavy atom. The SMILES string of the molecule is C[SiH](C)OCCC(Oc1ccccc1)c1ccc(OCc2ccc(Cl)c(Cl)c2)cc1. The zero-order valence-corrected chi connectivity index (χ0v) is 19.9. The van der Waals surface area contributed by atoms with Gasteiger partial charge in [-0.2, -0.15) is 0 Å². The average Bonchev–Trinajstić information content (AvgIpc) is 2.75. The second-order valence-electron chi connectivity index (χ2n) is 7.23. The Kier molecular flexibility index (Phi) is 8.64. The van der Waals surface area contributed by atoms with Gasteiger partial charge in [-0.25, -0.2) is 0 Å². The molecule has 0 N–H and O–H groups in total. The molecular weight excluding hydrogens is 435 g/mol. The van der Waals surface area contributed by atoms with Crippen LogP contribution in [0.5, 0.6) is 11.5 Å². The summed E-state index contributed by atoms with van der Waals surface area (Å²) in [7, 11) is -1.06. The highest BCUT2D eigenvalue weighted by molar-refractivity contribution is 6.48. The van der Waals surface area contributed by atoms with Crippen LogP contribution in [0.15, 0.2) is 72.8 Å². The highest BCUT2D eigenvalue weighted by Crippen LogP contribution is 2.27. The van der Waals surface area contributed by atoms with E-state index in [4.69, 9.17) is 37.1 Å². The van der Waals surface area contributed by atoms with Crippen LogP contribution in [-0.4, -0.2) is 15.6 Å². The molecule has 0 heterocycles. The van der Waals surface area contributed by atoms with E-state index in [1.165, 1.54) is 0 Å². The van der Waals surface area contributed by atoms with E-state index in [1.54, 1.807) is 6.07 Å². The van der Waals surface area contributed by atoms with Crippen LogP contribution >= 0.6 is 23.2 Å². The average molecular weight is 461 g/mol. The van der Waals surface area contributed by atoms with Gasteiger partial charge in [-0.05, 0) is 60.6 Å². The summed E-state index contributed by atoms with van der Waals surface area (Å²) in [6.07, 6.45) is 0.716. The third-order valence-corrected chi connectivity index (χ3v) is 6.14. The van der Waals surface area contributed by atoms with Crippen molar-refractivity contribution in [1.82, 2.24) is 0 Å². The maximum atomic E-state index is 6.24. The van der Waals surface area contributed by atoms with E-state index in [2.05, 4.69) is 13.1 Å². The minimum absolute atomic E-state index is 0.0794. The van der Waals surface area contributed by atoms with Gasteiger partial charge in [0.05, 0.1) is 10.0 Å². The zero-order valence-electron chi connectivity index (χ0n) is 17.2. The molecule has 1 unspecified atom stereocenters. The van der Waals surface area contributed by atoms with E-state index in [9.17, 15) is 0 Å². The van der Waals surface area contributed by atoms with E-state index in [-0.39, 0.29) is 6.10 Å². The molecule has 0 radical (unpaired) electrons. The molecule has 3 rings (SSSR count). The summed E-state index contributed by atoms with van der Waals surface area (Å²) >= 11 is 12.0. The van der Waals surface area contributed by atoms with Crippen LogP contribution in [-0.2, 0) is 11.0 Å². The molecule has 158 valence electrons. The fourth-order valence-electron chi connectivity index (χ4n) is 2.94. The van der Waals surface area contributed by atoms with Crippen LogP contribution in [0, 0.1) is 0 Å². The number of ether oxygens (including phenoxy) is 2. The van der Waals surface area contributed by atoms with E-state index < -0.39 is 9.04 Å². The molecule has 0 bridgehead atoms. The van der Waals surface area contributed by atoms with Gasteiger partial charge in [0.25, 0.3) is 0 Å². The Morgan fingerprint density at radius 3 is 2.23 bits per heavy atom. The van der Waals surface area contributed by atoms with Crippen LogP contribution in [0.25, 0.3) is 0 Å². The summed E-state index contributed by atoms with van der Waals surface area (Å²) in [5.74, 6) is 1.64. The van der Waals surface area contributed by atoms with Gasteiger partial charge in [0.1, 0.15) is 24.2 Å². The molecule has 0 aliphatic heterocycles. The topological polar surface area (TPSA) is 27.7 Å². The van der Waals surface area contributed by atoms with E-state index >= 15 is 0 Å². The van der Waals surface area contributed by atoms with Gasteiger partial charge >= 0.3 is 0 Å². The first-order chi connectivity index (χ1) is 14.5. The largest absolute Gasteiger partial charge is 0.489 e. The molecule has 0 amide bonds. The molecule has 3 aromatic rings. The Bertz CT molecular complexity index is 917. The van der Waals surface area contributed by atoms with Crippen LogP contribution in [0.4, 0.5) is 0 Å². The first-order valence-corrected chi connectivity index (χ1v) is 13.5. The summed E-state index contributed by atoms with van der Waals surface area (Å²) < 4.78 is 18.0. The second kappa shape index (κ2) is 11.4. The van der Waals surface area contributed by atoms with Gasteiger partial charge in [0.2, 0.25) is 0 Å². The molecule has 3 nitrogen and oxygen atoms in total. The standard InChI is InChI=1S/C24H26Cl2O3Si/c1-30(2)28-15-14-24(29-21-6-4-3-5-7-21)19-9-11-20(12-10-19)27-17-18-8-13-22(25)23(26)16-18/h3-13,16,24,30H,14-15,17H2,1-2H3. The van der Waals surface area contributed by atoms with E-state index in [1.807, 2.05) is 66.7 Å². The lowest BCUT2D eigenvalue weighted by atomic mass is 10.1. The van der Waals surface area contributed by atoms with E-state index in [0.29, 0.717) is 23.3 Å². The summed E-state index contributed by atoms with van der Waals surface area (Å²) in [6.45, 7) is 5.46. The first kappa shape index (κ1) is 22.7. The van der Waals surface area contributed by atoms with Crippen molar-refractivity contribution in [2.45, 2.75) is 32.2 Å². The quantitative estimate of drug-likeness (QED) is 0.302. The molecule has 1 atom stereocenters. The molecular formula is C24H26Cl2O3Si. The first-order valence-electron chi connectivity index (χ1n) is 10.0. The summed E-state index contributed by atoms with van der Waals surface area (Å²) in [5.41, 5.74) is 2.06. The Morgan fingerprint density at radius 2 is 1.57 bits per heavy atom. The van der Waals surface area contributed by atoms with Crippen LogP contribution < -0.4 is 9.47 Å². The number of benzene rings is 3. The summed E-state index contributed by atoms with van der Waals surface area (Å²) in [6, 6.07) is 23.4. The highest BCUT2D eigenvalue weighted by Gasteiger charge is 2.14. The van der Waals surface area contributed by atoms with Crippen molar-refractivity contribution in [2.75, 3.05) is 6.61 Å². The lowest BCUT2D eigenvalue weighted by Gasteiger charge is -2.21. The minimum atomic E-state index is -1.06. The highest BCUT2D eigenvalue weighted by atomic mass is 35.5. The van der Waals surface area contributed by atoms with Crippen molar-refractivity contribution in [3.05, 3.63) is 94.0 Å². The predicted molar refractivity (Wildman–Crippen MR) is 126 cm³/mol. The molecule has 0 aliphatic rings. The Hall–Kier alpha value is -1.98. The number of hydrogen-bond acceptors (Lipinski definition) is 3. The maximum Gasteiger partial charge on any atom is 0.170 e. The van der Waals surface area contributed by atoms with Gasteiger partial charge in [-0.3, -0.25) is 0 Å². The van der Waals surface area contributed by atoms with E-state index in [0.717, 1.165) is 29.0 Å². The van der Waals surface area contributed by atoms with Crippen molar-refractivity contribution >= 4 is 32.2 Å². The lowest BCUT2D eigenvalue weighted by Crippen LogP contribution is -2.15. The molecule has 30 heavy (non-hydrogen) atoms. The van der Waals surface area contributed by atoms with Gasteiger partial charge in [0.15, 0.2) is 9.04 Å². The van der Waals surface area contributed by atoms with Crippen LogP contribution in [0.2, 0.25) is 23.1 Å². The smallest absolute Gasteiger partial charge is 0.170 e. The molecule has 3 aromatic carbocycles. The normalized spacial score (nSPS) is 12.0. The van der Waals surface area contributed by atoms with Crippen LogP contribution in [0.1, 0.15) is 23.7 Å². The van der Waals surface area contributed by atoms with Crippen molar-refractivity contribution in [1.29, 1.82) is 0 Å². The molecule has 0 spiro atoms. The molecule has 0 fully saturated rings. The van der Waals surface area contributed by atoms with Crippen LogP contribution in [0.3, 0.4) is 0 Å². The molecule has 0 aromatic heterocycles. The van der Waals surface area contributed by atoms with Crippen molar-refractivity contribution in [3.63, 3.8) is 0 Å². The van der Waals surface area contributed by atoms with Gasteiger partial charge in [-0.15, -0.1) is 0 Å². The predicted octanol–water partition coefficient (Wildman–Crippen LogP) is 7.08. The minimum Gasteiger partial charge on any atom is -0.489 e. The van der Waals surface area contributed by atoms with Gasteiger partial charge in [0, 0.05) is 13.0 Å². The third kappa shape index (κ3) is 7.06. The lowest BCUT2D eigenvalue weighted by molar-refractivity contribution is 0.164.